The zero-order valence-corrected chi connectivity index (χ0v) is 46.3. The van der Waals surface area contributed by atoms with Gasteiger partial charge in [0.05, 0.1) is 25.4 Å². The van der Waals surface area contributed by atoms with E-state index in [1.54, 1.807) is 0 Å². The Morgan fingerprint density at radius 2 is 0.725 bits per heavy atom. The largest absolute Gasteiger partial charge is 0.466 e. The van der Waals surface area contributed by atoms with E-state index in [0.717, 1.165) is 51.4 Å². The van der Waals surface area contributed by atoms with Gasteiger partial charge in [-0.05, 0) is 83.5 Å². The second kappa shape index (κ2) is 58.6. The van der Waals surface area contributed by atoms with Crippen molar-refractivity contribution in [2.45, 2.75) is 341 Å². The molecule has 406 valence electrons. The van der Waals surface area contributed by atoms with Crippen molar-refractivity contribution in [3.8, 4) is 0 Å². The number of amides is 1. The lowest BCUT2D eigenvalue weighted by molar-refractivity contribution is -0.143. The standard InChI is InChI=1S/C63H119NO5/c1-3-5-7-9-11-13-14-15-16-31-34-37-41-45-49-53-57-63(68)69-58-54-50-46-42-38-35-32-29-27-25-23-21-19-17-18-20-22-24-26-28-30-33-36-40-44-48-52-56-62(67)64-60(59-65)61(66)55-51-47-43-39-12-10-8-6-4-2/h16-18,21,23,31,60-61,65-66H,3-15,19-20,22,24-30,32-59H2,1-2H3,(H,64,67)/b18-17-,23-21-,31-16-. The minimum atomic E-state index is -0.664. The summed E-state index contributed by atoms with van der Waals surface area (Å²) in [5.41, 5.74) is 0. The molecular weight excluding hydrogens is 851 g/mol. The molecule has 6 nitrogen and oxygen atoms in total. The monoisotopic (exact) mass is 970 g/mol. The van der Waals surface area contributed by atoms with E-state index in [4.69, 9.17) is 4.74 Å². The number of unbranched alkanes of at least 4 members (excludes halogenated alkanes) is 40. The summed E-state index contributed by atoms with van der Waals surface area (Å²) in [6, 6.07) is -0.542. The molecule has 6 heteroatoms. The molecule has 1 amide bonds. The number of hydrogen-bond acceptors (Lipinski definition) is 5. The Morgan fingerprint density at radius 3 is 1.12 bits per heavy atom. The number of carbonyl (C=O) groups is 2. The van der Waals surface area contributed by atoms with E-state index in [9.17, 15) is 19.8 Å². The third kappa shape index (κ3) is 55.2. The average molecular weight is 971 g/mol. The van der Waals surface area contributed by atoms with Crippen LogP contribution in [0.4, 0.5) is 0 Å². The van der Waals surface area contributed by atoms with Gasteiger partial charge in [-0.3, -0.25) is 9.59 Å². The quantitative estimate of drug-likeness (QED) is 0.0321. The lowest BCUT2D eigenvalue weighted by Gasteiger charge is -2.22. The van der Waals surface area contributed by atoms with E-state index >= 15 is 0 Å². The highest BCUT2D eigenvalue weighted by Crippen LogP contribution is 2.17. The number of nitrogens with one attached hydrogen (secondary N) is 1. The summed E-state index contributed by atoms with van der Waals surface area (Å²) in [6.07, 6.45) is 73.1. The van der Waals surface area contributed by atoms with Crippen LogP contribution in [0, 0.1) is 0 Å². The van der Waals surface area contributed by atoms with Crippen LogP contribution in [0.1, 0.15) is 328 Å². The maximum absolute atomic E-state index is 12.4. The second-order valence-electron chi connectivity index (χ2n) is 21.0. The number of esters is 1. The third-order valence-electron chi connectivity index (χ3n) is 14.2. The van der Waals surface area contributed by atoms with E-state index in [1.165, 1.54) is 244 Å². The lowest BCUT2D eigenvalue weighted by atomic mass is 10.0. The van der Waals surface area contributed by atoms with Gasteiger partial charge in [0.15, 0.2) is 0 Å². The Balaban J connectivity index is 3.39. The van der Waals surface area contributed by atoms with Crippen molar-refractivity contribution in [1.82, 2.24) is 5.32 Å². The fraction of sp³-hybridized carbons (Fsp3) is 0.873. The van der Waals surface area contributed by atoms with Crippen LogP contribution >= 0.6 is 0 Å². The average Bonchev–Trinajstić information content (AvgIpc) is 3.35. The zero-order chi connectivity index (χ0) is 50.0. The smallest absolute Gasteiger partial charge is 0.305 e. The van der Waals surface area contributed by atoms with Crippen molar-refractivity contribution >= 4 is 11.9 Å². The number of aliphatic hydroxyl groups is 2. The van der Waals surface area contributed by atoms with E-state index in [1.807, 2.05) is 0 Å². The molecule has 0 heterocycles. The van der Waals surface area contributed by atoms with Crippen molar-refractivity contribution in [3.05, 3.63) is 36.5 Å². The van der Waals surface area contributed by atoms with Crippen LogP contribution in [0.15, 0.2) is 36.5 Å². The highest BCUT2D eigenvalue weighted by Gasteiger charge is 2.20. The molecule has 0 radical (unpaired) electrons. The highest BCUT2D eigenvalue weighted by atomic mass is 16.5. The Kier molecular flexibility index (Phi) is 57.0. The maximum Gasteiger partial charge on any atom is 0.305 e. The van der Waals surface area contributed by atoms with Crippen molar-refractivity contribution in [3.63, 3.8) is 0 Å². The van der Waals surface area contributed by atoms with Crippen LogP contribution in [0.5, 0.6) is 0 Å². The topological polar surface area (TPSA) is 95.9 Å². The van der Waals surface area contributed by atoms with Crippen molar-refractivity contribution in [2.75, 3.05) is 13.2 Å². The maximum atomic E-state index is 12.4. The number of hydrogen-bond donors (Lipinski definition) is 3. The van der Waals surface area contributed by atoms with Gasteiger partial charge in [-0.1, -0.05) is 269 Å². The molecule has 0 aliphatic rings. The van der Waals surface area contributed by atoms with Crippen LogP contribution < -0.4 is 5.32 Å². The summed E-state index contributed by atoms with van der Waals surface area (Å²) in [7, 11) is 0. The fourth-order valence-corrected chi connectivity index (χ4v) is 9.43. The van der Waals surface area contributed by atoms with Crippen molar-refractivity contribution < 1.29 is 24.5 Å². The highest BCUT2D eigenvalue weighted by molar-refractivity contribution is 5.76. The summed E-state index contributed by atoms with van der Waals surface area (Å²) in [5.74, 6) is -0.0372. The van der Waals surface area contributed by atoms with Gasteiger partial charge in [0.1, 0.15) is 0 Å². The summed E-state index contributed by atoms with van der Waals surface area (Å²) in [6.45, 7) is 4.93. The fourth-order valence-electron chi connectivity index (χ4n) is 9.43. The van der Waals surface area contributed by atoms with Gasteiger partial charge in [-0.25, -0.2) is 0 Å². The van der Waals surface area contributed by atoms with E-state index in [0.29, 0.717) is 25.9 Å². The lowest BCUT2D eigenvalue weighted by Crippen LogP contribution is -2.45. The molecule has 2 unspecified atom stereocenters. The first-order valence-corrected chi connectivity index (χ1v) is 30.7. The van der Waals surface area contributed by atoms with Gasteiger partial charge in [0, 0.05) is 12.8 Å². The van der Waals surface area contributed by atoms with E-state index in [2.05, 4.69) is 55.6 Å². The Hall–Kier alpha value is -1.92. The van der Waals surface area contributed by atoms with Gasteiger partial charge < -0.3 is 20.3 Å². The summed E-state index contributed by atoms with van der Waals surface area (Å²) in [4.78, 5) is 24.5. The normalized spacial score (nSPS) is 12.8. The van der Waals surface area contributed by atoms with Gasteiger partial charge in [0.2, 0.25) is 5.91 Å². The molecule has 0 spiro atoms. The minimum absolute atomic E-state index is 0.00309. The number of carbonyl (C=O) groups excluding carboxylic acids is 2. The molecule has 0 aromatic rings. The third-order valence-corrected chi connectivity index (χ3v) is 14.2. The summed E-state index contributed by atoms with van der Waals surface area (Å²) < 4.78 is 5.48. The summed E-state index contributed by atoms with van der Waals surface area (Å²) in [5, 5.41) is 23.1. The SMILES string of the molecule is CCCCCCCCC/C=C\CCCCCCCC(=O)OCCCCCCCCCCC/C=C\C/C=C\CCCCCCCCCCCCCC(=O)NC(CO)C(O)CCCCCCCCCCC. The molecule has 0 saturated carbocycles. The van der Waals surface area contributed by atoms with Crippen LogP contribution in [-0.4, -0.2) is 47.4 Å². The molecule has 0 rings (SSSR count). The molecule has 0 aliphatic carbocycles. The minimum Gasteiger partial charge on any atom is -0.466 e. The second-order valence-corrected chi connectivity index (χ2v) is 21.0. The number of allylic oxidation sites excluding steroid dienone is 6. The van der Waals surface area contributed by atoms with Gasteiger partial charge >= 0.3 is 5.97 Å². The van der Waals surface area contributed by atoms with E-state index in [-0.39, 0.29) is 18.5 Å². The van der Waals surface area contributed by atoms with Crippen molar-refractivity contribution in [1.29, 1.82) is 0 Å². The Labute approximate surface area is 430 Å². The Bertz CT molecular complexity index is 1120. The molecule has 0 fully saturated rings. The van der Waals surface area contributed by atoms with Gasteiger partial charge in [-0.15, -0.1) is 0 Å². The molecule has 0 aliphatic heterocycles. The van der Waals surface area contributed by atoms with E-state index < -0.39 is 12.1 Å². The zero-order valence-electron chi connectivity index (χ0n) is 46.3. The number of ether oxygens (including phenoxy) is 1. The predicted octanol–water partition coefficient (Wildman–Crippen LogP) is 19.2. The first-order valence-electron chi connectivity index (χ1n) is 30.7. The Morgan fingerprint density at radius 1 is 0.406 bits per heavy atom. The van der Waals surface area contributed by atoms with Gasteiger partial charge in [0.25, 0.3) is 0 Å². The first kappa shape index (κ1) is 67.1. The van der Waals surface area contributed by atoms with Crippen LogP contribution in [0.25, 0.3) is 0 Å². The molecule has 3 N–H and O–H groups in total. The van der Waals surface area contributed by atoms with Crippen molar-refractivity contribution in [2.24, 2.45) is 0 Å². The molecular formula is C63H119NO5. The summed E-state index contributed by atoms with van der Waals surface area (Å²) >= 11 is 0. The molecule has 0 aromatic heterocycles. The molecule has 0 bridgehead atoms. The molecule has 0 aromatic carbocycles. The first-order chi connectivity index (χ1) is 34.0. The van der Waals surface area contributed by atoms with Crippen LogP contribution in [0.2, 0.25) is 0 Å². The molecule has 69 heavy (non-hydrogen) atoms. The molecule has 0 saturated heterocycles. The van der Waals surface area contributed by atoms with Gasteiger partial charge in [-0.2, -0.15) is 0 Å². The molecule has 2 atom stereocenters. The van der Waals surface area contributed by atoms with Crippen LogP contribution in [-0.2, 0) is 14.3 Å². The predicted molar refractivity (Wildman–Crippen MR) is 301 cm³/mol. The van der Waals surface area contributed by atoms with Crippen LogP contribution in [0.3, 0.4) is 0 Å². The number of aliphatic hydroxyl groups excluding tert-OH is 2. The number of rotatable bonds is 57.